The summed E-state index contributed by atoms with van der Waals surface area (Å²) in [5, 5.41) is 8.36. The first-order valence-electron chi connectivity index (χ1n) is 3.21. The molecule has 0 aliphatic rings. The van der Waals surface area contributed by atoms with Crippen LogP contribution >= 0.6 is 0 Å². The Kier molecular flexibility index (Phi) is 3.92. The lowest BCUT2D eigenvalue weighted by Gasteiger charge is -2.11. The molecule has 0 aromatic heterocycles. The Balaban J connectivity index is 4.23. The van der Waals surface area contributed by atoms with Crippen molar-refractivity contribution in [1.82, 2.24) is 0 Å². The van der Waals surface area contributed by atoms with Crippen molar-refractivity contribution < 1.29 is 19.5 Å². The molecular formula is C6H10N2O4. The molecule has 0 fully saturated rings. The van der Waals surface area contributed by atoms with Crippen molar-refractivity contribution in [3.05, 3.63) is 0 Å². The van der Waals surface area contributed by atoms with Crippen LogP contribution in [0.3, 0.4) is 0 Å². The Morgan fingerprint density at radius 3 is 2.25 bits per heavy atom. The average Bonchev–Trinajstić information content (AvgIpc) is 1.98. The van der Waals surface area contributed by atoms with Crippen LogP contribution in [-0.4, -0.2) is 29.3 Å². The summed E-state index contributed by atoms with van der Waals surface area (Å²) in [7, 11) is 0. The zero-order valence-electron chi connectivity index (χ0n) is 6.27. The summed E-state index contributed by atoms with van der Waals surface area (Å²) in [6, 6.07) is -1.37. The molecule has 0 spiro atoms. The lowest BCUT2D eigenvalue weighted by Crippen LogP contribution is -2.40. The van der Waals surface area contributed by atoms with Crippen molar-refractivity contribution in [2.75, 3.05) is 0 Å². The number of amides is 1. The molecule has 6 nitrogen and oxygen atoms in total. The van der Waals surface area contributed by atoms with E-state index in [2.05, 4.69) is 0 Å². The van der Waals surface area contributed by atoms with Gasteiger partial charge in [-0.25, -0.2) is 0 Å². The average molecular weight is 174 g/mol. The molecule has 0 heterocycles. The molecule has 0 aromatic rings. The van der Waals surface area contributed by atoms with Gasteiger partial charge >= 0.3 is 5.97 Å². The first kappa shape index (κ1) is 10.6. The second-order valence-electron chi connectivity index (χ2n) is 2.33. The van der Waals surface area contributed by atoms with E-state index in [0.717, 1.165) is 0 Å². The van der Waals surface area contributed by atoms with Crippen molar-refractivity contribution in [2.45, 2.75) is 12.5 Å². The van der Waals surface area contributed by atoms with Crippen LogP contribution < -0.4 is 11.5 Å². The number of carboxylic acids is 1. The predicted molar refractivity (Wildman–Crippen MR) is 39.0 cm³/mol. The fourth-order valence-electron chi connectivity index (χ4n) is 0.675. The molecule has 2 atom stereocenters. The van der Waals surface area contributed by atoms with Gasteiger partial charge in [0.15, 0.2) is 0 Å². The summed E-state index contributed by atoms with van der Waals surface area (Å²) in [6.45, 7) is 0. The number of rotatable bonds is 5. The molecular weight excluding hydrogens is 164 g/mol. The molecule has 0 saturated heterocycles. The number of nitrogens with two attached hydrogens (primary N) is 2. The van der Waals surface area contributed by atoms with Gasteiger partial charge in [-0.2, -0.15) is 0 Å². The van der Waals surface area contributed by atoms with Crippen LogP contribution in [0.15, 0.2) is 0 Å². The molecule has 0 unspecified atom stereocenters. The quantitative estimate of drug-likeness (QED) is 0.419. The number of aliphatic carboxylic acids is 1. The summed E-state index contributed by atoms with van der Waals surface area (Å²) in [6.07, 6.45) is -0.0134. The van der Waals surface area contributed by atoms with E-state index in [4.69, 9.17) is 16.6 Å². The van der Waals surface area contributed by atoms with Crippen molar-refractivity contribution in [2.24, 2.45) is 17.4 Å². The van der Waals surface area contributed by atoms with E-state index in [0.29, 0.717) is 6.29 Å². The van der Waals surface area contributed by atoms with E-state index in [1.54, 1.807) is 0 Å². The van der Waals surface area contributed by atoms with Gasteiger partial charge in [0.2, 0.25) is 5.91 Å². The van der Waals surface area contributed by atoms with E-state index in [1.807, 2.05) is 0 Å². The normalized spacial score (nSPS) is 14.8. The molecule has 6 heteroatoms. The summed E-state index contributed by atoms with van der Waals surface area (Å²) >= 11 is 0. The maximum atomic E-state index is 10.3. The van der Waals surface area contributed by atoms with Crippen molar-refractivity contribution >= 4 is 18.2 Å². The Morgan fingerprint density at radius 2 is 2.00 bits per heavy atom. The Bertz CT molecular complexity index is 204. The zero-order chi connectivity index (χ0) is 9.72. The summed E-state index contributed by atoms with van der Waals surface area (Å²) in [4.78, 5) is 30.8. The highest BCUT2D eigenvalue weighted by Gasteiger charge is 2.24. The number of carboxylic acid groups (broad SMARTS) is 1. The second kappa shape index (κ2) is 4.45. The van der Waals surface area contributed by atoms with Gasteiger partial charge in [-0.15, -0.1) is 0 Å². The van der Waals surface area contributed by atoms with Gasteiger partial charge < -0.3 is 21.4 Å². The van der Waals surface area contributed by atoms with E-state index >= 15 is 0 Å². The molecule has 0 aromatic carbocycles. The summed E-state index contributed by atoms with van der Waals surface area (Å²) in [5.41, 5.74) is 9.84. The van der Waals surface area contributed by atoms with Crippen LogP contribution in [-0.2, 0) is 14.4 Å². The molecule has 0 rings (SSSR count). The molecule has 0 saturated carbocycles. The SMILES string of the molecule is NC(=O)C[C@H](C=O)[C@H](N)C(=O)O. The fraction of sp³-hybridized carbons (Fsp3) is 0.500. The maximum absolute atomic E-state index is 10.3. The molecule has 0 aliphatic carbocycles. The number of carbonyl (C=O) groups excluding carboxylic acids is 2. The number of hydrogen-bond donors (Lipinski definition) is 3. The highest BCUT2D eigenvalue weighted by atomic mass is 16.4. The van der Waals surface area contributed by atoms with Crippen LogP contribution in [0.1, 0.15) is 6.42 Å². The van der Waals surface area contributed by atoms with Crippen LogP contribution in [0.25, 0.3) is 0 Å². The number of carbonyl (C=O) groups is 3. The van der Waals surface area contributed by atoms with Crippen LogP contribution in [0.5, 0.6) is 0 Å². The lowest BCUT2D eigenvalue weighted by molar-refractivity contribution is -0.141. The minimum atomic E-state index is -1.37. The van der Waals surface area contributed by atoms with Crippen LogP contribution in [0.4, 0.5) is 0 Å². The Labute approximate surface area is 68.5 Å². The summed E-state index contributed by atoms with van der Waals surface area (Å²) < 4.78 is 0. The summed E-state index contributed by atoms with van der Waals surface area (Å²) in [5.74, 6) is -3.11. The van der Waals surface area contributed by atoms with Gasteiger partial charge in [-0.05, 0) is 0 Å². The van der Waals surface area contributed by atoms with Crippen LogP contribution in [0.2, 0.25) is 0 Å². The van der Waals surface area contributed by atoms with Crippen molar-refractivity contribution in [1.29, 1.82) is 0 Å². The minimum absolute atomic E-state index is 0.323. The van der Waals surface area contributed by atoms with Gasteiger partial charge in [0.1, 0.15) is 12.3 Å². The number of aldehydes is 1. The molecule has 5 N–H and O–H groups in total. The zero-order valence-corrected chi connectivity index (χ0v) is 6.27. The first-order chi connectivity index (χ1) is 5.49. The molecule has 0 radical (unpaired) electrons. The Hall–Kier alpha value is -1.43. The third-order valence-corrected chi connectivity index (χ3v) is 1.36. The Morgan fingerprint density at radius 1 is 1.50 bits per heavy atom. The van der Waals surface area contributed by atoms with Gasteiger partial charge in [0.05, 0.1) is 0 Å². The van der Waals surface area contributed by atoms with E-state index in [-0.39, 0.29) is 6.42 Å². The largest absolute Gasteiger partial charge is 0.480 e. The maximum Gasteiger partial charge on any atom is 0.321 e. The van der Waals surface area contributed by atoms with Gasteiger partial charge in [-0.1, -0.05) is 0 Å². The smallest absolute Gasteiger partial charge is 0.321 e. The monoisotopic (exact) mass is 174 g/mol. The highest BCUT2D eigenvalue weighted by molar-refractivity contribution is 5.83. The van der Waals surface area contributed by atoms with Crippen molar-refractivity contribution in [3.8, 4) is 0 Å². The van der Waals surface area contributed by atoms with E-state index in [1.165, 1.54) is 0 Å². The second-order valence-corrected chi connectivity index (χ2v) is 2.33. The topological polar surface area (TPSA) is 123 Å². The standard InChI is InChI=1S/C6H10N2O4/c7-4(10)1-3(2-9)5(8)6(11)12/h2-3,5H,1,8H2,(H2,7,10)(H,11,12)/t3-,5+/m1/s1. The number of primary amides is 1. The first-order valence-corrected chi connectivity index (χ1v) is 3.21. The minimum Gasteiger partial charge on any atom is -0.480 e. The molecule has 68 valence electrons. The van der Waals surface area contributed by atoms with Crippen molar-refractivity contribution in [3.63, 3.8) is 0 Å². The van der Waals surface area contributed by atoms with E-state index < -0.39 is 23.8 Å². The molecule has 0 aliphatic heterocycles. The van der Waals surface area contributed by atoms with E-state index in [9.17, 15) is 14.4 Å². The van der Waals surface area contributed by atoms with Crippen LogP contribution in [0, 0.1) is 5.92 Å². The molecule has 0 bridgehead atoms. The van der Waals surface area contributed by atoms with Gasteiger partial charge in [0, 0.05) is 12.3 Å². The fourth-order valence-corrected chi connectivity index (χ4v) is 0.675. The molecule has 1 amide bonds. The predicted octanol–water partition coefficient (Wildman–Crippen LogP) is -1.91. The highest BCUT2D eigenvalue weighted by Crippen LogP contribution is 2.03. The van der Waals surface area contributed by atoms with Gasteiger partial charge in [0.25, 0.3) is 0 Å². The number of hydrogen-bond acceptors (Lipinski definition) is 4. The van der Waals surface area contributed by atoms with Gasteiger partial charge in [-0.3, -0.25) is 9.59 Å². The lowest BCUT2D eigenvalue weighted by atomic mass is 9.98. The third-order valence-electron chi connectivity index (χ3n) is 1.36. The third kappa shape index (κ3) is 3.11. The molecule has 12 heavy (non-hydrogen) atoms.